The van der Waals surface area contributed by atoms with Crippen LogP contribution in [0.4, 0.5) is 11.4 Å². The summed E-state index contributed by atoms with van der Waals surface area (Å²) in [6, 6.07) is 14.9. The van der Waals surface area contributed by atoms with Gasteiger partial charge in [0, 0.05) is 18.8 Å². The molecule has 0 aliphatic heterocycles. The van der Waals surface area contributed by atoms with Crippen LogP contribution in [0.2, 0.25) is 0 Å². The van der Waals surface area contributed by atoms with Gasteiger partial charge in [-0.15, -0.1) is 0 Å². The molecule has 0 aliphatic carbocycles. The lowest BCUT2D eigenvalue weighted by molar-refractivity contribution is 0.100. The molecule has 0 aromatic heterocycles. The molecule has 1 amide bonds. The van der Waals surface area contributed by atoms with Gasteiger partial charge in [0.25, 0.3) is 5.91 Å². The Kier molecular flexibility index (Phi) is 4.79. The number of rotatable bonds is 6. The fraction of sp³-hybridized carbons (Fsp3) is 0.188. The Balaban J connectivity index is 2.36. The van der Waals surface area contributed by atoms with Gasteiger partial charge in [-0.05, 0) is 23.8 Å². The van der Waals surface area contributed by atoms with Crippen molar-refractivity contribution in [3.8, 4) is 0 Å². The molecule has 0 heterocycles. The van der Waals surface area contributed by atoms with Crippen molar-refractivity contribution < 1.29 is 9.90 Å². The van der Waals surface area contributed by atoms with Gasteiger partial charge in [-0.1, -0.05) is 30.3 Å². The van der Waals surface area contributed by atoms with E-state index >= 15 is 0 Å². The van der Waals surface area contributed by atoms with Crippen molar-refractivity contribution in [3.63, 3.8) is 0 Å². The number of benzene rings is 2. The average molecular weight is 285 g/mol. The Morgan fingerprint density at radius 3 is 2.48 bits per heavy atom. The smallest absolute Gasteiger partial charge is 0.250 e. The summed E-state index contributed by atoms with van der Waals surface area (Å²) in [6.45, 7) is 0.958. The summed E-state index contributed by atoms with van der Waals surface area (Å²) in [6.07, 6.45) is 0. The van der Waals surface area contributed by atoms with Crippen LogP contribution in [-0.2, 0) is 6.54 Å². The Morgan fingerprint density at radius 2 is 1.86 bits per heavy atom. The van der Waals surface area contributed by atoms with Gasteiger partial charge < -0.3 is 21.5 Å². The molecule has 2 rings (SSSR count). The molecule has 21 heavy (non-hydrogen) atoms. The highest BCUT2D eigenvalue weighted by atomic mass is 16.3. The lowest BCUT2D eigenvalue weighted by Crippen LogP contribution is -2.29. The van der Waals surface area contributed by atoms with Crippen molar-refractivity contribution in [3.05, 3.63) is 59.7 Å². The summed E-state index contributed by atoms with van der Waals surface area (Å²) < 4.78 is 0. The molecule has 2 aromatic rings. The number of nitrogens with two attached hydrogens (primary N) is 2. The molecule has 2 aromatic carbocycles. The van der Waals surface area contributed by atoms with E-state index in [-0.39, 0.29) is 6.61 Å². The first kappa shape index (κ1) is 14.9. The van der Waals surface area contributed by atoms with E-state index in [0.717, 1.165) is 5.56 Å². The maximum atomic E-state index is 11.6. The third kappa shape index (κ3) is 3.73. The van der Waals surface area contributed by atoms with Gasteiger partial charge in [0.15, 0.2) is 0 Å². The van der Waals surface area contributed by atoms with E-state index in [0.29, 0.717) is 30.0 Å². The van der Waals surface area contributed by atoms with E-state index in [2.05, 4.69) is 0 Å². The molecule has 0 bridgehead atoms. The van der Waals surface area contributed by atoms with E-state index < -0.39 is 5.91 Å². The maximum Gasteiger partial charge on any atom is 0.250 e. The Hall–Kier alpha value is -2.53. The second kappa shape index (κ2) is 6.76. The Bertz CT molecular complexity index is 614. The number of carbonyl (C=O) groups is 1. The van der Waals surface area contributed by atoms with Crippen molar-refractivity contribution >= 4 is 17.3 Å². The van der Waals surface area contributed by atoms with Gasteiger partial charge in [0.05, 0.1) is 17.9 Å². The third-order valence-corrected chi connectivity index (χ3v) is 3.21. The standard InChI is InChI=1S/C16H19N3O2/c17-13-6-7-15(14(10-13)16(18)21)19(8-9-20)11-12-4-2-1-3-5-12/h1-7,10,20H,8-9,11,17H2,(H2,18,21). The molecule has 0 atom stereocenters. The molecule has 5 nitrogen and oxygen atoms in total. The van der Waals surface area contributed by atoms with Crippen molar-refractivity contribution in [2.75, 3.05) is 23.8 Å². The van der Waals surface area contributed by atoms with Crippen LogP contribution in [-0.4, -0.2) is 24.2 Å². The SMILES string of the molecule is NC(=O)c1cc(N)ccc1N(CCO)Cc1ccccc1. The summed E-state index contributed by atoms with van der Waals surface area (Å²) in [5.74, 6) is -0.534. The largest absolute Gasteiger partial charge is 0.399 e. The highest BCUT2D eigenvalue weighted by Gasteiger charge is 2.15. The molecule has 0 saturated heterocycles. The van der Waals surface area contributed by atoms with E-state index in [1.54, 1.807) is 18.2 Å². The van der Waals surface area contributed by atoms with Gasteiger partial charge >= 0.3 is 0 Å². The number of nitrogens with zero attached hydrogens (tertiary/aromatic N) is 1. The van der Waals surface area contributed by atoms with Crippen LogP contribution >= 0.6 is 0 Å². The highest BCUT2D eigenvalue weighted by Crippen LogP contribution is 2.24. The zero-order valence-electron chi connectivity index (χ0n) is 11.7. The summed E-state index contributed by atoms with van der Waals surface area (Å²) >= 11 is 0. The number of aliphatic hydroxyl groups excluding tert-OH is 1. The first-order valence-electron chi connectivity index (χ1n) is 6.71. The zero-order chi connectivity index (χ0) is 15.2. The maximum absolute atomic E-state index is 11.6. The normalized spacial score (nSPS) is 10.3. The summed E-state index contributed by atoms with van der Waals surface area (Å²) in [4.78, 5) is 13.5. The first-order chi connectivity index (χ1) is 10.1. The molecule has 110 valence electrons. The van der Waals surface area contributed by atoms with Gasteiger partial charge in [-0.25, -0.2) is 0 Å². The average Bonchev–Trinajstić information content (AvgIpc) is 2.48. The van der Waals surface area contributed by atoms with E-state index in [1.807, 2.05) is 35.2 Å². The van der Waals surface area contributed by atoms with E-state index in [9.17, 15) is 9.90 Å². The van der Waals surface area contributed by atoms with Crippen molar-refractivity contribution in [2.45, 2.75) is 6.54 Å². The molecule has 5 heteroatoms. The summed E-state index contributed by atoms with van der Waals surface area (Å²) in [5.41, 5.74) is 13.7. The van der Waals surface area contributed by atoms with Crippen LogP contribution in [0.3, 0.4) is 0 Å². The fourth-order valence-corrected chi connectivity index (χ4v) is 2.24. The minimum atomic E-state index is -0.534. The van der Waals surface area contributed by atoms with Gasteiger partial charge in [0.2, 0.25) is 0 Å². The number of aliphatic hydroxyl groups is 1. The molecule has 0 fully saturated rings. The van der Waals surface area contributed by atoms with Gasteiger partial charge in [-0.2, -0.15) is 0 Å². The van der Waals surface area contributed by atoms with Crippen molar-refractivity contribution in [2.24, 2.45) is 5.73 Å². The van der Waals surface area contributed by atoms with Crippen LogP contribution in [0.15, 0.2) is 48.5 Å². The second-order valence-corrected chi connectivity index (χ2v) is 4.77. The molecule has 5 N–H and O–H groups in total. The zero-order valence-corrected chi connectivity index (χ0v) is 11.7. The quantitative estimate of drug-likeness (QED) is 0.699. The van der Waals surface area contributed by atoms with Crippen LogP contribution in [0, 0.1) is 0 Å². The number of anilines is 2. The fourth-order valence-electron chi connectivity index (χ4n) is 2.24. The molecule has 0 radical (unpaired) electrons. The number of amides is 1. The van der Waals surface area contributed by atoms with Crippen LogP contribution in [0.1, 0.15) is 15.9 Å². The van der Waals surface area contributed by atoms with Gasteiger partial charge in [-0.3, -0.25) is 4.79 Å². The van der Waals surface area contributed by atoms with Gasteiger partial charge in [0.1, 0.15) is 0 Å². The van der Waals surface area contributed by atoms with E-state index in [1.165, 1.54) is 0 Å². The molecule has 0 aliphatic rings. The molecular formula is C16H19N3O2. The number of nitrogen functional groups attached to an aromatic ring is 1. The van der Waals surface area contributed by atoms with Crippen LogP contribution in [0.25, 0.3) is 0 Å². The Morgan fingerprint density at radius 1 is 1.14 bits per heavy atom. The van der Waals surface area contributed by atoms with E-state index in [4.69, 9.17) is 11.5 Å². The van der Waals surface area contributed by atoms with Crippen molar-refractivity contribution in [1.82, 2.24) is 0 Å². The Labute approximate surface area is 123 Å². The molecular weight excluding hydrogens is 266 g/mol. The third-order valence-electron chi connectivity index (χ3n) is 3.21. The molecule has 0 spiro atoms. The molecule has 0 unspecified atom stereocenters. The topological polar surface area (TPSA) is 92.6 Å². The minimum absolute atomic E-state index is 0.0184. The minimum Gasteiger partial charge on any atom is -0.399 e. The molecule has 0 saturated carbocycles. The predicted molar refractivity (Wildman–Crippen MR) is 84.0 cm³/mol. The lowest BCUT2D eigenvalue weighted by atomic mass is 10.1. The summed E-state index contributed by atoms with van der Waals surface area (Å²) in [7, 11) is 0. The number of carbonyl (C=O) groups excluding carboxylic acids is 1. The van der Waals surface area contributed by atoms with Crippen molar-refractivity contribution in [1.29, 1.82) is 0 Å². The number of primary amides is 1. The lowest BCUT2D eigenvalue weighted by Gasteiger charge is -2.26. The second-order valence-electron chi connectivity index (χ2n) is 4.77. The first-order valence-corrected chi connectivity index (χ1v) is 6.71. The monoisotopic (exact) mass is 285 g/mol. The van der Waals surface area contributed by atoms with Crippen LogP contribution in [0.5, 0.6) is 0 Å². The summed E-state index contributed by atoms with van der Waals surface area (Å²) in [5, 5.41) is 9.28. The highest BCUT2D eigenvalue weighted by molar-refractivity contribution is 5.99. The number of hydrogen-bond acceptors (Lipinski definition) is 4. The predicted octanol–water partition coefficient (Wildman–Crippen LogP) is 1.37. The number of hydrogen-bond donors (Lipinski definition) is 3. The van der Waals surface area contributed by atoms with Crippen LogP contribution < -0.4 is 16.4 Å².